The monoisotopic (exact) mass is 536 g/mol. The third kappa shape index (κ3) is 4.92. The molecule has 10 nitrogen and oxygen atoms in total. The Labute approximate surface area is 231 Å². The third-order valence-electron chi connectivity index (χ3n) is 6.79. The van der Waals surface area contributed by atoms with Crippen LogP contribution in [0.3, 0.4) is 0 Å². The van der Waals surface area contributed by atoms with Crippen LogP contribution in [0.4, 0.5) is 17.3 Å². The van der Waals surface area contributed by atoms with Crippen molar-refractivity contribution in [3.63, 3.8) is 0 Å². The highest BCUT2D eigenvalue weighted by Gasteiger charge is 2.20. The second-order valence-corrected chi connectivity index (χ2v) is 9.18. The number of aromatic nitrogens is 4. The second-order valence-electron chi connectivity index (χ2n) is 9.18. The number of carbonyl (C=O) groups excluding carboxylic acids is 1. The summed E-state index contributed by atoms with van der Waals surface area (Å²) in [5.41, 5.74) is 5.93. The van der Waals surface area contributed by atoms with Crippen molar-refractivity contribution < 1.29 is 19.0 Å². The standard InChI is InChI=1S/C30H28N6O4/c1-38-25-19-22(35-14-16-40-17-15-35)9-10-23(25)32-30-31-12-11-24(33-30)28-27(34-26-8-3-4-13-36(26)28)20-6-5-7-21(18-20)29(37)39-2/h3-13,18-19H,14-17H2,1-2H3,(H,31,32,33). The number of esters is 1. The maximum atomic E-state index is 12.2. The van der Waals surface area contributed by atoms with Crippen molar-refractivity contribution in [2.75, 3.05) is 50.7 Å². The fourth-order valence-corrected chi connectivity index (χ4v) is 4.83. The predicted octanol–water partition coefficient (Wildman–Crippen LogP) is 4.83. The number of ether oxygens (including phenoxy) is 3. The Kier molecular flexibility index (Phi) is 6.98. The quantitative estimate of drug-likeness (QED) is 0.293. The minimum atomic E-state index is -0.408. The van der Waals surface area contributed by atoms with Gasteiger partial charge in [-0.05, 0) is 42.5 Å². The van der Waals surface area contributed by atoms with Crippen LogP contribution in [-0.4, -0.2) is 65.8 Å². The van der Waals surface area contributed by atoms with Gasteiger partial charge in [0.05, 0.1) is 55.8 Å². The average Bonchev–Trinajstić information content (AvgIpc) is 3.41. The Hall–Kier alpha value is -4.96. The van der Waals surface area contributed by atoms with Crippen molar-refractivity contribution in [1.29, 1.82) is 0 Å². The Morgan fingerprint density at radius 3 is 2.67 bits per heavy atom. The number of benzene rings is 2. The van der Waals surface area contributed by atoms with E-state index in [-0.39, 0.29) is 0 Å². The summed E-state index contributed by atoms with van der Waals surface area (Å²) in [6, 6.07) is 20.9. The number of hydrogen-bond donors (Lipinski definition) is 1. The number of hydrogen-bond acceptors (Lipinski definition) is 9. The molecule has 1 N–H and O–H groups in total. The fourth-order valence-electron chi connectivity index (χ4n) is 4.83. The first kappa shape index (κ1) is 25.3. The molecule has 202 valence electrons. The van der Waals surface area contributed by atoms with Gasteiger partial charge in [-0.2, -0.15) is 0 Å². The van der Waals surface area contributed by atoms with Crippen LogP contribution in [0.15, 0.2) is 79.1 Å². The van der Waals surface area contributed by atoms with Crippen LogP contribution in [0.25, 0.3) is 28.3 Å². The number of morpholine rings is 1. The number of nitrogens with zero attached hydrogens (tertiary/aromatic N) is 5. The van der Waals surface area contributed by atoms with Crippen LogP contribution in [0.1, 0.15) is 10.4 Å². The summed E-state index contributed by atoms with van der Waals surface area (Å²) < 4.78 is 18.1. The molecule has 0 unspecified atom stereocenters. The first-order valence-electron chi connectivity index (χ1n) is 12.9. The summed E-state index contributed by atoms with van der Waals surface area (Å²) in [6.07, 6.45) is 3.64. The van der Waals surface area contributed by atoms with Crippen LogP contribution in [0.2, 0.25) is 0 Å². The highest BCUT2D eigenvalue weighted by Crippen LogP contribution is 2.34. The highest BCUT2D eigenvalue weighted by molar-refractivity contribution is 5.92. The maximum Gasteiger partial charge on any atom is 0.337 e. The number of nitrogens with one attached hydrogen (secondary N) is 1. The van der Waals surface area contributed by atoms with E-state index in [1.54, 1.807) is 25.4 Å². The van der Waals surface area contributed by atoms with E-state index in [2.05, 4.69) is 21.3 Å². The molecule has 2 aromatic carbocycles. The Morgan fingerprint density at radius 2 is 1.85 bits per heavy atom. The highest BCUT2D eigenvalue weighted by atomic mass is 16.5. The summed E-state index contributed by atoms with van der Waals surface area (Å²) >= 11 is 0. The molecule has 1 fully saturated rings. The molecule has 0 aliphatic carbocycles. The van der Waals surface area contributed by atoms with Crippen molar-refractivity contribution in [3.05, 3.63) is 84.7 Å². The minimum Gasteiger partial charge on any atom is -0.494 e. The number of anilines is 3. The van der Waals surface area contributed by atoms with Crippen molar-refractivity contribution >= 4 is 28.9 Å². The van der Waals surface area contributed by atoms with Gasteiger partial charge >= 0.3 is 5.97 Å². The van der Waals surface area contributed by atoms with Gasteiger partial charge in [-0.3, -0.25) is 4.40 Å². The lowest BCUT2D eigenvalue weighted by Crippen LogP contribution is -2.36. The molecule has 0 atom stereocenters. The summed E-state index contributed by atoms with van der Waals surface area (Å²) in [5, 5.41) is 3.31. The van der Waals surface area contributed by atoms with E-state index in [9.17, 15) is 4.79 Å². The zero-order chi connectivity index (χ0) is 27.5. The molecule has 1 saturated heterocycles. The number of methoxy groups -OCH3 is 2. The molecule has 0 amide bonds. The Balaban J connectivity index is 1.38. The third-order valence-corrected chi connectivity index (χ3v) is 6.79. The van der Waals surface area contributed by atoms with Gasteiger partial charge in [0, 0.05) is 42.8 Å². The van der Waals surface area contributed by atoms with Gasteiger partial charge in [-0.25, -0.2) is 19.7 Å². The largest absolute Gasteiger partial charge is 0.494 e. The number of fused-ring (bicyclic) bond motifs is 1. The van der Waals surface area contributed by atoms with Gasteiger partial charge in [-0.1, -0.05) is 18.2 Å². The van der Waals surface area contributed by atoms with Gasteiger partial charge in [-0.15, -0.1) is 0 Å². The van der Waals surface area contributed by atoms with E-state index in [1.807, 2.05) is 59.1 Å². The van der Waals surface area contributed by atoms with Crippen molar-refractivity contribution in [2.45, 2.75) is 0 Å². The number of carbonyl (C=O) groups is 1. The number of rotatable bonds is 7. The molecule has 4 heterocycles. The minimum absolute atomic E-state index is 0.408. The van der Waals surface area contributed by atoms with Gasteiger partial charge in [0.1, 0.15) is 11.4 Å². The molecule has 1 aliphatic heterocycles. The fraction of sp³-hybridized carbons (Fsp3) is 0.200. The average molecular weight is 537 g/mol. The Morgan fingerprint density at radius 1 is 0.975 bits per heavy atom. The van der Waals surface area contributed by atoms with E-state index in [4.69, 9.17) is 24.2 Å². The molecule has 40 heavy (non-hydrogen) atoms. The predicted molar refractivity (Wildman–Crippen MR) is 152 cm³/mol. The zero-order valence-corrected chi connectivity index (χ0v) is 22.2. The molecular weight excluding hydrogens is 508 g/mol. The molecule has 0 saturated carbocycles. The van der Waals surface area contributed by atoms with E-state index in [0.717, 1.165) is 41.4 Å². The lowest BCUT2D eigenvalue weighted by Gasteiger charge is -2.29. The maximum absolute atomic E-state index is 12.2. The van der Waals surface area contributed by atoms with Gasteiger partial charge in [0.2, 0.25) is 5.95 Å². The first-order chi connectivity index (χ1) is 19.6. The van der Waals surface area contributed by atoms with Crippen LogP contribution >= 0.6 is 0 Å². The Bertz CT molecular complexity index is 1680. The van der Waals surface area contributed by atoms with Gasteiger partial charge in [0.15, 0.2) is 0 Å². The van der Waals surface area contributed by atoms with Gasteiger partial charge in [0.25, 0.3) is 0 Å². The van der Waals surface area contributed by atoms with E-state index >= 15 is 0 Å². The lowest BCUT2D eigenvalue weighted by molar-refractivity contribution is 0.0600. The van der Waals surface area contributed by atoms with E-state index in [1.165, 1.54) is 7.11 Å². The number of imidazole rings is 1. The van der Waals surface area contributed by atoms with Crippen LogP contribution in [-0.2, 0) is 9.47 Å². The van der Waals surface area contributed by atoms with Crippen molar-refractivity contribution in [2.24, 2.45) is 0 Å². The van der Waals surface area contributed by atoms with Crippen molar-refractivity contribution in [1.82, 2.24) is 19.4 Å². The molecule has 0 bridgehead atoms. The molecule has 1 aliphatic rings. The second kappa shape index (κ2) is 11.0. The molecule has 10 heteroatoms. The zero-order valence-electron chi connectivity index (χ0n) is 22.2. The first-order valence-corrected chi connectivity index (χ1v) is 12.9. The topological polar surface area (TPSA) is 103 Å². The molecule has 3 aromatic heterocycles. The van der Waals surface area contributed by atoms with Crippen molar-refractivity contribution in [3.8, 4) is 28.4 Å². The lowest BCUT2D eigenvalue weighted by atomic mass is 10.1. The normalized spacial score (nSPS) is 13.3. The molecule has 0 radical (unpaired) electrons. The molecule has 5 aromatic rings. The van der Waals surface area contributed by atoms with E-state index in [0.29, 0.717) is 41.9 Å². The summed E-state index contributed by atoms with van der Waals surface area (Å²) in [4.78, 5) is 28.7. The molecular formula is C30H28N6O4. The summed E-state index contributed by atoms with van der Waals surface area (Å²) in [5.74, 6) is 0.692. The van der Waals surface area contributed by atoms with Crippen LogP contribution in [0, 0.1) is 0 Å². The summed E-state index contributed by atoms with van der Waals surface area (Å²) in [6.45, 7) is 3.10. The van der Waals surface area contributed by atoms with Crippen LogP contribution < -0.4 is 15.0 Å². The smallest absolute Gasteiger partial charge is 0.337 e. The SMILES string of the molecule is COC(=O)c1cccc(-c2nc3ccccn3c2-c2ccnc(Nc3ccc(N4CCOCC4)cc3OC)n2)c1. The molecule has 0 spiro atoms. The van der Waals surface area contributed by atoms with Gasteiger partial charge < -0.3 is 24.4 Å². The van der Waals surface area contributed by atoms with Crippen LogP contribution in [0.5, 0.6) is 5.75 Å². The van der Waals surface area contributed by atoms with E-state index < -0.39 is 5.97 Å². The summed E-state index contributed by atoms with van der Waals surface area (Å²) in [7, 11) is 3.01. The number of pyridine rings is 1. The molecule has 6 rings (SSSR count).